The van der Waals surface area contributed by atoms with Crippen LogP contribution in [-0.4, -0.2) is 41.1 Å². The lowest BCUT2D eigenvalue weighted by atomic mass is 10.1. The molecule has 5 heteroatoms. The molecule has 128 valence electrons. The molecule has 3 rings (SSSR count). The zero-order chi connectivity index (χ0) is 17.1. The van der Waals surface area contributed by atoms with E-state index in [1.54, 1.807) is 0 Å². The number of hydrogen-bond acceptors (Lipinski definition) is 4. The second-order valence-corrected chi connectivity index (χ2v) is 6.54. The summed E-state index contributed by atoms with van der Waals surface area (Å²) in [5.41, 5.74) is 2.05. The van der Waals surface area contributed by atoms with Crippen molar-refractivity contribution in [2.24, 2.45) is 0 Å². The third-order valence-electron chi connectivity index (χ3n) is 4.48. The number of carbonyl (C=O) groups excluding carboxylic acids is 1. The summed E-state index contributed by atoms with van der Waals surface area (Å²) in [4.78, 5) is 14.5. The molecule has 1 aliphatic heterocycles. The summed E-state index contributed by atoms with van der Waals surface area (Å²) in [5, 5.41) is 13.0. The van der Waals surface area contributed by atoms with E-state index in [1.165, 1.54) is 5.56 Å². The first-order valence-electron chi connectivity index (χ1n) is 8.34. The third kappa shape index (κ3) is 3.86. The average molecular weight is 328 g/mol. The molecule has 0 spiro atoms. The van der Waals surface area contributed by atoms with Crippen LogP contribution in [0.15, 0.2) is 40.8 Å². The first kappa shape index (κ1) is 16.7. The van der Waals surface area contributed by atoms with Crippen molar-refractivity contribution >= 4 is 5.91 Å². The highest BCUT2D eigenvalue weighted by Crippen LogP contribution is 2.20. The summed E-state index contributed by atoms with van der Waals surface area (Å²) in [6.45, 7) is 5.61. The molecule has 1 aromatic heterocycles. The number of hydrogen-bond donors (Lipinski definition) is 2. The lowest BCUT2D eigenvalue weighted by Crippen LogP contribution is -2.39. The van der Waals surface area contributed by atoms with Crippen LogP contribution >= 0.6 is 0 Å². The Kier molecular flexibility index (Phi) is 5.02. The molecule has 2 atom stereocenters. The second kappa shape index (κ2) is 7.20. The molecule has 2 heterocycles. The number of carbonyl (C=O) groups is 1. The van der Waals surface area contributed by atoms with Gasteiger partial charge in [-0.3, -0.25) is 9.69 Å². The molecule has 0 radical (unpaired) electrons. The number of nitrogens with zero attached hydrogens (tertiary/aromatic N) is 1. The van der Waals surface area contributed by atoms with Gasteiger partial charge in [0, 0.05) is 31.2 Å². The predicted octanol–water partition coefficient (Wildman–Crippen LogP) is 2.26. The molecule has 1 aliphatic rings. The third-order valence-corrected chi connectivity index (χ3v) is 4.48. The SMILES string of the molecule is Cc1cc(C)c(C(=O)NCC2CC(O)CN2Cc2ccccc2)o1. The molecule has 1 saturated heterocycles. The second-order valence-electron chi connectivity index (χ2n) is 6.54. The standard InChI is InChI=1S/C19H24N2O3/c1-13-8-14(2)24-18(13)19(23)20-10-16-9-17(22)12-21(16)11-15-6-4-3-5-7-15/h3-8,16-17,22H,9-12H2,1-2H3,(H,20,23). The number of β-amino-alcohol motifs (C(OH)–C–C–N with tert-alkyl or cyclic N) is 1. The van der Waals surface area contributed by atoms with Crippen LogP contribution in [-0.2, 0) is 6.54 Å². The fourth-order valence-electron chi connectivity index (χ4n) is 3.34. The van der Waals surface area contributed by atoms with Crippen LogP contribution in [0.4, 0.5) is 0 Å². The molecule has 2 N–H and O–H groups in total. The minimum absolute atomic E-state index is 0.125. The van der Waals surface area contributed by atoms with E-state index < -0.39 is 0 Å². The topological polar surface area (TPSA) is 65.7 Å². The lowest BCUT2D eigenvalue weighted by molar-refractivity contribution is 0.0910. The average Bonchev–Trinajstić information content (AvgIpc) is 3.07. The Hall–Kier alpha value is -2.11. The van der Waals surface area contributed by atoms with Crippen LogP contribution in [0.1, 0.15) is 33.9 Å². The maximum Gasteiger partial charge on any atom is 0.287 e. The molecule has 5 nitrogen and oxygen atoms in total. The zero-order valence-corrected chi connectivity index (χ0v) is 14.2. The Labute approximate surface area is 142 Å². The van der Waals surface area contributed by atoms with E-state index in [-0.39, 0.29) is 18.1 Å². The Morgan fingerprint density at radius 1 is 1.33 bits per heavy atom. The first-order chi connectivity index (χ1) is 11.5. The van der Waals surface area contributed by atoms with Crippen molar-refractivity contribution < 1.29 is 14.3 Å². The molecule has 0 saturated carbocycles. The number of rotatable bonds is 5. The number of aliphatic hydroxyl groups is 1. The Morgan fingerprint density at radius 3 is 2.75 bits per heavy atom. The summed E-state index contributed by atoms with van der Waals surface area (Å²) < 4.78 is 5.46. The largest absolute Gasteiger partial charge is 0.456 e. The van der Waals surface area contributed by atoms with Gasteiger partial charge in [0.15, 0.2) is 5.76 Å². The van der Waals surface area contributed by atoms with Crippen molar-refractivity contribution in [2.45, 2.75) is 39.0 Å². The molecule has 2 unspecified atom stereocenters. The highest BCUT2D eigenvalue weighted by atomic mass is 16.3. The van der Waals surface area contributed by atoms with Gasteiger partial charge in [0.1, 0.15) is 5.76 Å². The van der Waals surface area contributed by atoms with Crippen molar-refractivity contribution in [3.05, 3.63) is 59.0 Å². The fourth-order valence-corrected chi connectivity index (χ4v) is 3.34. The summed E-state index contributed by atoms with van der Waals surface area (Å²) in [6.07, 6.45) is 0.326. The van der Waals surface area contributed by atoms with Crippen LogP contribution in [0.5, 0.6) is 0 Å². The molecule has 0 bridgehead atoms. The van der Waals surface area contributed by atoms with E-state index in [0.717, 1.165) is 17.9 Å². The van der Waals surface area contributed by atoms with Crippen molar-refractivity contribution in [1.29, 1.82) is 0 Å². The van der Waals surface area contributed by atoms with Gasteiger partial charge < -0.3 is 14.8 Å². The molecular weight excluding hydrogens is 304 g/mol. The van der Waals surface area contributed by atoms with E-state index in [1.807, 2.05) is 38.1 Å². The highest BCUT2D eigenvalue weighted by molar-refractivity contribution is 5.92. The van der Waals surface area contributed by atoms with Crippen LogP contribution in [0.2, 0.25) is 0 Å². The smallest absolute Gasteiger partial charge is 0.287 e. The van der Waals surface area contributed by atoms with Gasteiger partial charge in [-0.2, -0.15) is 0 Å². The van der Waals surface area contributed by atoms with Gasteiger partial charge in [-0.25, -0.2) is 0 Å². The number of amides is 1. The summed E-state index contributed by atoms with van der Waals surface area (Å²) in [5.74, 6) is 0.918. The molecular formula is C19H24N2O3. The van der Waals surface area contributed by atoms with E-state index in [2.05, 4.69) is 22.3 Å². The number of furan rings is 1. The quantitative estimate of drug-likeness (QED) is 0.884. The monoisotopic (exact) mass is 328 g/mol. The number of nitrogens with one attached hydrogen (secondary N) is 1. The van der Waals surface area contributed by atoms with Gasteiger partial charge in [-0.05, 0) is 31.9 Å². The summed E-state index contributed by atoms with van der Waals surface area (Å²) in [7, 11) is 0. The summed E-state index contributed by atoms with van der Waals surface area (Å²) >= 11 is 0. The number of aryl methyl sites for hydroxylation is 2. The van der Waals surface area contributed by atoms with Crippen molar-refractivity contribution in [3.8, 4) is 0 Å². The Morgan fingerprint density at radius 2 is 2.08 bits per heavy atom. The van der Waals surface area contributed by atoms with Gasteiger partial charge in [-0.1, -0.05) is 30.3 Å². The first-order valence-corrected chi connectivity index (χ1v) is 8.34. The van der Waals surface area contributed by atoms with Gasteiger partial charge >= 0.3 is 0 Å². The maximum atomic E-state index is 12.3. The van der Waals surface area contributed by atoms with E-state index in [4.69, 9.17) is 4.42 Å². The molecule has 1 fully saturated rings. The molecule has 0 aliphatic carbocycles. The van der Waals surface area contributed by atoms with E-state index in [0.29, 0.717) is 25.3 Å². The van der Waals surface area contributed by atoms with Gasteiger partial charge in [0.05, 0.1) is 6.10 Å². The number of benzene rings is 1. The van der Waals surface area contributed by atoms with Gasteiger partial charge in [0.2, 0.25) is 0 Å². The van der Waals surface area contributed by atoms with Crippen LogP contribution in [0.25, 0.3) is 0 Å². The predicted molar refractivity (Wildman–Crippen MR) is 91.8 cm³/mol. The maximum absolute atomic E-state index is 12.3. The van der Waals surface area contributed by atoms with Crippen molar-refractivity contribution in [3.63, 3.8) is 0 Å². The number of aliphatic hydroxyl groups excluding tert-OH is 1. The number of likely N-dealkylation sites (tertiary alicyclic amines) is 1. The Bertz CT molecular complexity index is 696. The van der Waals surface area contributed by atoms with Gasteiger partial charge in [0.25, 0.3) is 5.91 Å². The van der Waals surface area contributed by atoms with E-state index >= 15 is 0 Å². The Balaban J connectivity index is 1.60. The van der Waals surface area contributed by atoms with E-state index in [9.17, 15) is 9.90 Å². The lowest BCUT2D eigenvalue weighted by Gasteiger charge is -2.24. The minimum Gasteiger partial charge on any atom is -0.456 e. The molecule has 24 heavy (non-hydrogen) atoms. The summed E-state index contributed by atoms with van der Waals surface area (Å²) in [6, 6.07) is 12.2. The highest BCUT2D eigenvalue weighted by Gasteiger charge is 2.31. The van der Waals surface area contributed by atoms with Gasteiger partial charge in [-0.15, -0.1) is 0 Å². The van der Waals surface area contributed by atoms with Crippen molar-refractivity contribution in [1.82, 2.24) is 10.2 Å². The molecule has 1 amide bonds. The van der Waals surface area contributed by atoms with Crippen LogP contribution < -0.4 is 5.32 Å². The zero-order valence-electron chi connectivity index (χ0n) is 14.2. The molecule has 1 aromatic carbocycles. The van der Waals surface area contributed by atoms with Crippen LogP contribution in [0.3, 0.4) is 0 Å². The fraction of sp³-hybridized carbons (Fsp3) is 0.421. The van der Waals surface area contributed by atoms with Crippen LogP contribution in [0, 0.1) is 13.8 Å². The van der Waals surface area contributed by atoms with Crippen molar-refractivity contribution in [2.75, 3.05) is 13.1 Å². The minimum atomic E-state index is -0.344. The normalized spacial score (nSPS) is 21.1. The molecule has 2 aromatic rings.